The number of hydrogen-bond donors (Lipinski definition) is 1. The van der Waals surface area contributed by atoms with E-state index < -0.39 is 17.6 Å². The molecule has 0 aliphatic carbocycles. The number of benzene rings is 1. The van der Waals surface area contributed by atoms with Crippen LogP contribution in [0.4, 0.5) is 8.78 Å². The molecule has 0 bridgehead atoms. The van der Waals surface area contributed by atoms with Gasteiger partial charge in [0.25, 0.3) is 5.22 Å². The number of aromatic nitrogens is 1. The molecule has 0 radical (unpaired) electrons. The van der Waals surface area contributed by atoms with Gasteiger partial charge < -0.3 is 9.52 Å². The summed E-state index contributed by atoms with van der Waals surface area (Å²) in [5.74, 6) is -3.15. The Morgan fingerprint density at radius 1 is 1.35 bits per heavy atom. The second-order valence-electron chi connectivity index (χ2n) is 2.98. The van der Waals surface area contributed by atoms with E-state index in [1.165, 1.54) is 6.07 Å². The summed E-state index contributed by atoms with van der Waals surface area (Å²) in [6, 6.07) is 3.29. The Morgan fingerprint density at radius 2 is 2.12 bits per heavy atom. The Balaban J connectivity index is 2.19. The maximum Gasteiger partial charge on any atom is 0.357 e. The number of halogens is 2. The Hall–Kier alpha value is -1.89. The molecule has 1 N–H and O–H groups in total. The van der Waals surface area contributed by atoms with Crippen LogP contribution in [0.5, 0.6) is 0 Å². The van der Waals surface area contributed by atoms with E-state index in [0.717, 1.165) is 30.2 Å². The number of nitrogens with zero attached hydrogens (tertiary/aromatic N) is 1. The highest BCUT2D eigenvalue weighted by Crippen LogP contribution is 2.27. The van der Waals surface area contributed by atoms with E-state index >= 15 is 0 Å². The quantitative estimate of drug-likeness (QED) is 0.915. The van der Waals surface area contributed by atoms with Gasteiger partial charge in [-0.25, -0.2) is 13.6 Å². The molecular weight excluding hydrogens is 252 g/mol. The van der Waals surface area contributed by atoms with Crippen molar-refractivity contribution in [2.45, 2.75) is 10.1 Å². The van der Waals surface area contributed by atoms with Gasteiger partial charge in [0.05, 0.1) is 0 Å². The van der Waals surface area contributed by atoms with Gasteiger partial charge in [0.1, 0.15) is 6.26 Å². The molecule has 2 aromatic rings. The lowest BCUT2D eigenvalue weighted by Gasteiger charge is -1.97. The van der Waals surface area contributed by atoms with Gasteiger partial charge in [-0.05, 0) is 30.0 Å². The normalized spacial score (nSPS) is 10.5. The zero-order valence-corrected chi connectivity index (χ0v) is 9.00. The van der Waals surface area contributed by atoms with Crippen molar-refractivity contribution in [1.82, 2.24) is 4.98 Å². The Morgan fingerprint density at radius 3 is 2.71 bits per heavy atom. The van der Waals surface area contributed by atoms with Crippen molar-refractivity contribution < 1.29 is 23.1 Å². The summed E-state index contributed by atoms with van der Waals surface area (Å²) in [4.78, 5) is 14.5. The molecule has 0 aliphatic heterocycles. The van der Waals surface area contributed by atoms with Crippen molar-refractivity contribution in [2.24, 2.45) is 0 Å². The number of oxazole rings is 1. The fraction of sp³-hybridized carbons (Fsp3) is 0. The molecule has 0 saturated heterocycles. The maximum atomic E-state index is 12.9. The van der Waals surface area contributed by atoms with Crippen LogP contribution in [0.15, 0.2) is 39.0 Å². The zero-order valence-electron chi connectivity index (χ0n) is 8.18. The molecule has 0 aliphatic rings. The molecule has 0 atom stereocenters. The van der Waals surface area contributed by atoms with Crippen LogP contribution in [0, 0.1) is 11.6 Å². The van der Waals surface area contributed by atoms with Crippen molar-refractivity contribution in [3.05, 3.63) is 41.8 Å². The summed E-state index contributed by atoms with van der Waals surface area (Å²) in [5.41, 5.74) is -0.241. The molecule has 1 aromatic carbocycles. The van der Waals surface area contributed by atoms with Gasteiger partial charge in [-0.2, -0.15) is 4.98 Å². The van der Waals surface area contributed by atoms with Gasteiger partial charge >= 0.3 is 5.97 Å². The molecule has 0 fully saturated rings. The largest absolute Gasteiger partial charge is 0.476 e. The topological polar surface area (TPSA) is 63.3 Å². The standard InChI is InChI=1S/C10H5F2NO3S/c11-6-2-1-5(3-7(6)12)17-10-13-8(4-16-10)9(14)15/h1-4H,(H,14,15). The van der Waals surface area contributed by atoms with E-state index in [-0.39, 0.29) is 10.9 Å². The number of hydrogen-bond acceptors (Lipinski definition) is 4. The Kier molecular flexibility index (Phi) is 3.10. The summed E-state index contributed by atoms with van der Waals surface area (Å²) in [6.07, 6.45) is 0.977. The number of aromatic carboxylic acids is 1. The number of rotatable bonds is 3. The summed E-state index contributed by atoms with van der Waals surface area (Å²) < 4.78 is 30.4. The third-order valence-electron chi connectivity index (χ3n) is 1.80. The predicted molar refractivity (Wildman–Crippen MR) is 53.9 cm³/mol. The fourth-order valence-corrected chi connectivity index (χ4v) is 1.78. The van der Waals surface area contributed by atoms with Crippen LogP contribution in [0.2, 0.25) is 0 Å². The lowest BCUT2D eigenvalue weighted by Crippen LogP contribution is -1.95. The van der Waals surface area contributed by atoms with Gasteiger partial charge in [-0.1, -0.05) is 0 Å². The van der Waals surface area contributed by atoms with E-state index in [2.05, 4.69) is 4.98 Å². The van der Waals surface area contributed by atoms with Crippen LogP contribution in [-0.4, -0.2) is 16.1 Å². The summed E-state index contributed by atoms with van der Waals surface area (Å²) in [6.45, 7) is 0. The van der Waals surface area contributed by atoms with Crippen LogP contribution in [0.3, 0.4) is 0 Å². The van der Waals surface area contributed by atoms with Crippen molar-refractivity contribution >= 4 is 17.7 Å². The second-order valence-corrected chi connectivity index (χ2v) is 4.01. The maximum absolute atomic E-state index is 12.9. The first kappa shape index (κ1) is 11.6. The van der Waals surface area contributed by atoms with Crippen LogP contribution in [0.1, 0.15) is 10.5 Å². The van der Waals surface area contributed by atoms with Crippen molar-refractivity contribution in [3.63, 3.8) is 0 Å². The molecule has 1 aromatic heterocycles. The highest BCUT2D eigenvalue weighted by atomic mass is 32.2. The second kappa shape index (κ2) is 4.54. The molecule has 0 spiro atoms. The molecule has 0 saturated carbocycles. The van der Waals surface area contributed by atoms with E-state index in [9.17, 15) is 13.6 Å². The van der Waals surface area contributed by atoms with Crippen molar-refractivity contribution in [2.75, 3.05) is 0 Å². The first-order valence-electron chi connectivity index (χ1n) is 4.38. The zero-order chi connectivity index (χ0) is 12.4. The van der Waals surface area contributed by atoms with E-state index in [4.69, 9.17) is 9.52 Å². The van der Waals surface area contributed by atoms with Gasteiger partial charge in [0.2, 0.25) is 0 Å². The van der Waals surface area contributed by atoms with E-state index in [0.29, 0.717) is 4.90 Å². The van der Waals surface area contributed by atoms with Gasteiger partial charge in [0, 0.05) is 4.90 Å². The molecule has 1 heterocycles. The average Bonchev–Trinajstić information content (AvgIpc) is 2.72. The molecule has 0 unspecified atom stereocenters. The molecule has 0 amide bonds. The Labute approximate surface area is 98.3 Å². The number of carboxylic acid groups (broad SMARTS) is 1. The lowest BCUT2D eigenvalue weighted by atomic mass is 10.3. The molecule has 7 heteroatoms. The minimum atomic E-state index is -1.22. The monoisotopic (exact) mass is 257 g/mol. The summed E-state index contributed by atoms with van der Waals surface area (Å²) >= 11 is 0.901. The van der Waals surface area contributed by atoms with Crippen LogP contribution in [0.25, 0.3) is 0 Å². The molecule has 17 heavy (non-hydrogen) atoms. The minimum absolute atomic E-state index is 0.0495. The first-order valence-corrected chi connectivity index (χ1v) is 5.19. The molecule has 2 rings (SSSR count). The van der Waals surface area contributed by atoms with Crippen molar-refractivity contribution in [3.8, 4) is 0 Å². The van der Waals surface area contributed by atoms with Crippen molar-refractivity contribution in [1.29, 1.82) is 0 Å². The molecular formula is C10H5F2NO3S. The average molecular weight is 257 g/mol. The van der Waals surface area contributed by atoms with Gasteiger partial charge in [-0.3, -0.25) is 0 Å². The van der Waals surface area contributed by atoms with Gasteiger partial charge in [-0.15, -0.1) is 0 Å². The highest BCUT2D eigenvalue weighted by Gasteiger charge is 2.12. The third kappa shape index (κ3) is 2.62. The van der Waals surface area contributed by atoms with E-state index in [1.807, 2.05) is 0 Å². The highest BCUT2D eigenvalue weighted by molar-refractivity contribution is 7.99. The van der Waals surface area contributed by atoms with Crippen LogP contribution in [-0.2, 0) is 0 Å². The first-order chi connectivity index (χ1) is 8.06. The molecule has 4 nitrogen and oxygen atoms in total. The van der Waals surface area contributed by atoms with Crippen LogP contribution >= 0.6 is 11.8 Å². The van der Waals surface area contributed by atoms with Gasteiger partial charge in [0.15, 0.2) is 17.3 Å². The third-order valence-corrected chi connectivity index (χ3v) is 2.65. The molecule has 88 valence electrons. The SMILES string of the molecule is O=C(O)c1coc(Sc2ccc(F)c(F)c2)n1. The smallest absolute Gasteiger partial charge is 0.357 e. The minimum Gasteiger partial charge on any atom is -0.476 e. The number of carbonyl (C=O) groups is 1. The Bertz CT molecular complexity index is 570. The number of carboxylic acids is 1. The summed E-state index contributed by atoms with van der Waals surface area (Å²) in [7, 11) is 0. The fourth-order valence-electron chi connectivity index (χ4n) is 1.04. The lowest BCUT2D eigenvalue weighted by molar-refractivity contribution is 0.0690. The summed E-state index contributed by atoms with van der Waals surface area (Å²) in [5, 5.41) is 8.65. The van der Waals surface area contributed by atoms with E-state index in [1.54, 1.807) is 0 Å². The predicted octanol–water partition coefficient (Wildman–Crippen LogP) is 2.80. The van der Waals surface area contributed by atoms with Crippen LogP contribution < -0.4 is 0 Å².